The summed E-state index contributed by atoms with van der Waals surface area (Å²) in [5, 5.41) is 0. The van der Waals surface area contributed by atoms with Gasteiger partial charge in [0.15, 0.2) is 5.82 Å². The number of pyridine rings is 1. The van der Waals surface area contributed by atoms with Gasteiger partial charge in [-0.25, -0.2) is 18.7 Å². The van der Waals surface area contributed by atoms with Gasteiger partial charge in [0, 0.05) is 13.1 Å². The highest BCUT2D eigenvalue weighted by Crippen LogP contribution is 2.26. The van der Waals surface area contributed by atoms with E-state index in [0.29, 0.717) is 29.1 Å². The van der Waals surface area contributed by atoms with Crippen LogP contribution < -0.4 is 4.90 Å². The first kappa shape index (κ1) is 15.9. The van der Waals surface area contributed by atoms with Gasteiger partial charge < -0.3 is 9.88 Å². The van der Waals surface area contributed by atoms with E-state index in [1.165, 1.54) is 18.2 Å². The summed E-state index contributed by atoms with van der Waals surface area (Å²) in [5.74, 6) is 0.956. The Morgan fingerprint density at radius 3 is 2.67 bits per heavy atom. The Labute approximate surface area is 154 Å². The zero-order chi connectivity index (χ0) is 18.4. The molecule has 1 aliphatic heterocycles. The molecule has 0 fully saturated rings. The molecule has 134 valence electrons. The Balaban J connectivity index is 1.47. The summed E-state index contributed by atoms with van der Waals surface area (Å²) in [5.41, 5.74) is 4.23. The summed E-state index contributed by atoms with van der Waals surface area (Å²) in [6.45, 7) is 1.47. The summed E-state index contributed by atoms with van der Waals surface area (Å²) >= 11 is 0. The van der Waals surface area contributed by atoms with Crippen molar-refractivity contribution in [2.75, 3.05) is 11.4 Å². The lowest BCUT2D eigenvalue weighted by Gasteiger charge is -2.30. The van der Waals surface area contributed by atoms with Gasteiger partial charge in [-0.2, -0.15) is 0 Å². The molecule has 0 radical (unpaired) electrons. The minimum atomic E-state index is -0.303. The molecule has 2 aromatic heterocycles. The van der Waals surface area contributed by atoms with Crippen molar-refractivity contribution in [1.29, 1.82) is 0 Å². The summed E-state index contributed by atoms with van der Waals surface area (Å²) in [4.78, 5) is 14.6. The molecule has 0 atom stereocenters. The third-order valence-electron chi connectivity index (χ3n) is 4.93. The predicted molar refractivity (Wildman–Crippen MR) is 100 cm³/mol. The number of imidazole rings is 1. The number of aromatic nitrogens is 3. The van der Waals surface area contributed by atoms with Gasteiger partial charge >= 0.3 is 0 Å². The highest BCUT2D eigenvalue weighted by atomic mass is 19.1. The van der Waals surface area contributed by atoms with E-state index in [-0.39, 0.29) is 11.6 Å². The van der Waals surface area contributed by atoms with Crippen molar-refractivity contribution in [2.45, 2.75) is 13.0 Å². The van der Waals surface area contributed by atoms with E-state index in [0.717, 1.165) is 29.9 Å². The quantitative estimate of drug-likeness (QED) is 0.572. The van der Waals surface area contributed by atoms with Crippen molar-refractivity contribution in [3.05, 3.63) is 77.4 Å². The second-order valence-electron chi connectivity index (χ2n) is 6.71. The minimum Gasteiger partial charge on any atom is -0.352 e. The van der Waals surface area contributed by atoms with Gasteiger partial charge in [0.25, 0.3) is 0 Å². The molecule has 6 heteroatoms. The van der Waals surface area contributed by atoms with Crippen molar-refractivity contribution in [3.63, 3.8) is 0 Å². The maximum atomic E-state index is 13.4. The highest BCUT2D eigenvalue weighted by Gasteiger charge is 2.18. The molecule has 1 N–H and O–H groups in total. The van der Waals surface area contributed by atoms with Gasteiger partial charge in [-0.05, 0) is 60.0 Å². The fourth-order valence-electron chi connectivity index (χ4n) is 3.55. The monoisotopic (exact) mass is 362 g/mol. The van der Waals surface area contributed by atoms with Crippen molar-refractivity contribution >= 4 is 16.9 Å². The Bertz CT molecular complexity index is 1150. The van der Waals surface area contributed by atoms with Crippen LogP contribution in [0.25, 0.3) is 22.6 Å². The van der Waals surface area contributed by atoms with Crippen LogP contribution in [0.2, 0.25) is 0 Å². The lowest BCUT2D eigenvalue weighted by molar-refractivity contribution is 0.618. The average Bonchev–Trinajstić information content (AvgIpc) is 3.11. The van der Waals surface area contributed by atoms with Crippen LogP contribution in [-0.2, 0) is 13.0 Å². The second kappa shape index (κ2) is 6.16. The standard InChI is InChI=1S/C21H16F2N4/c22-15-5-4-14-12-27(9-8-13(14)10-15)20-3-1-2-18(24-20)21-25-17-7-6-16(23)11-19(17)26-21/h1-7,10-11H,8-9,12H2,(H,25,26). The first-order chi connectivity index (χ1) is 13.2. The summed E-state index contributed by atoms with van der Waals surface area (Å²) < 4.78 is 26.8. The summed E-state index contributed by atoms with van der Waals surface area (Å²) in [6.07, 6.45) is 0.781. The molecule has 4 aromatic rings. The molecule has 1 aliphatic rings. The maximum Gasteiger partial charge on any atom is 0.157 e. The molecule has 0 amide bonds. The number of rotatable bonds is 2. The first-order valence-electron chi connectivity index (χ1n) is 8.81. The summed E-state index contributed by atoms with van der Waals surface area (Å²) in [7, 11) is 0. The molecule has 0 aliphatic carbocycles. The number of nitrogens with zero attached hydrogens (tertiary/aromatic N) is 3. The number of nitrogens with one attached hydrogen (secondary N) is 1. The number of hydrogen-bond acceptors (Lipinski definition) is 3. The van der Waals surface area contributed by atoms with Crippen molar-refractivity contribution < 1.29 is 8.78 Å². The van der Waals surface area contributed by atoms with Gasteiger partial charge in [-0.15, -0.1) is 0 Å². The van der Waals surface area contributed by atoms with Crippen molar-refractivity contribution in [3.8, 4) is 11.5 Å². The largest absolute Gasteiger partial charge is 0.352 e. The zero-order valence-corrected chi connectivity index (χ0v) is 14.4. The van der Waals surface area contributed by atoms with E-state index in [4.69, 9.17) is 4.98 Å². The Morgan fingerprint density at radius 2 is 1.74 bits per heavy atom. The Kier molecular flexibility index (Phi) is 3.63. The van der Waals surface area contributed by atoms with E-state index in [2.05, 4.69) is 14.9 Å². The van der Waals surface area contributed by atoms with Crippen LogP contribution in [0.4, 0.5) is 14.6 Å². The molecule has 3 heterocycles. The van der Waals surface area contributed by atoms with Crippen LogP contribution in [0.1, 0.15) is 11.1 Å². The normalized spacial score (nSPS) is 13.8. The van der Waals surface area contributed by atoms with E-state index >= 15 is 0 Å². The smallest absolute Gasteiger partial charge is 0.157 e. The van der Waals surface area contributed by atoms with Crippen LogP contribution in [0.5, 0.6) is 0 Å². The van der Waals surface area contributed by atoms with E-state index in [1.54, 1.807) is 12.1 Å². The summed E-state index contributed by atoms with van der Waals surface area (Å²) in [6, 6.07) is 15.2. The number of H-pyrrole nitrogens is 1. The number of benzene rings is 2. The van der Waals surface area contributed by atoms with Crippen molar-refractivity contribution in [2.24, 2.45) is 0 Å². The van der Waals surface area contributed by atoms with Gasteiger partial charge in [0.1, 0.15) is 23.1 Å². The molecule has 4 nitrogen and oxygen atoms in total. The molecule has 0 saturated heterocycles. The van der Waals surface area contributed by atoms with E-state index in [9.17, 15) is 8.78 Å². The molecular weight excluding hydrogens is 346 g/mol. The van der Waals surface area contributed by atoms with Crippen molar-refractivity contribution in [1.82, 2.24) is 15.0 Å². The third kappa shape index (κ3) is 2.93. The number of aromatic amines is 1. The van der Waals surface area contributed by atoms with Crippen LogP contribution in [0, 0.1) is 11.6 Å². The van der Waals surface area contributed by atoms with Crippen LogP contribution in [0.15, 0.2) is 54.6 Å². The van der Waals surface area contributed by atoms with Gasteiger partial charge in [0.2, 0.25) is 0 Å². The zero-order valence-electron chi connectivity index (χ0n) is 14.4. The number of hydrogen-bond donors (Lipinski definition) is 1. The molecule has 0 unspecified atom stereocenters. The molecule has 0 spiro atoms. The Morgan fingerprint density at radius 1 is 0.889 bits per heavy atom. The minimum absolute atomic E-state index is 0.191. The number of fused-ring (bicyclic) bond motifs is 2. The molecule has 0 bridgehead atoms. The second-order valence-corrected chi connectivity index (χ2v) is 6.71. The topological polar surface area (TPSA) is 44.8 Å². The lowest BCUT2D eigenvalue weighted by atomic mass is 9.99. The maximum absolute atomic E-state index is 13.4. The SMILES string of the molecule is Fc1ccc2c(c1)CCN(c1cccc(-c3nc4ccc(F)cc4[nH]3)n1)C2. The highest BCUT2D eigenvalue weighted by molar-refractivity contribution is 5.78. The predicted octanol–water partition coefficient (Wildman–Crippen LogP) is 4.47. The lowest BCUT2D eigenvalue weighted by Crippen LogP contribution is -2.31. The molecule has 2 aromatic carbocycles. The molecule has 5 rings (SSSR count). The van der Waals surface area contributed by atoms with Crippen LogP contribution in [0.3, 0.4) is 0 Å². The first-order valence-corrected chi connectivity index (χ1v) is 8.81. The van der Waals surface area contributed by atoms with Gasteiger partial charge in [0.05, 0.1) is 11.0 Å². The Hall–Kier alpha value is -3.28. The van der Waals surface area contributed by atoms with Crippen LogP contribution in [-0.4, -0.2) is 21.5 Å². The molecule has 27 heavy (non-hydrogen) atoms. The fraction of sp³-hybridized carbons (Fsp3) is 0.143. The average molecular weight is 362 g/mol. The third-order valence-corrected chi connectivity index (χ3v) is 4.93. The number of anilines is 1. The van der Waals surface area contributed by atoms with Crippen LogP contribution >= 0.6 is 0 Å². The van der Waals surface area contributed by atoms with Gasteiger partial charge in [-0.3, -0.25) is 0 Å². The van der Waals surface area contributed by atoms with E-state index in [1.807, 2.05) is 24.3 Å². The fourth-order valence-corrected chi connectivity index (χ4v) is 3.55. The van der Waals surface area contributed by atoms with E-state index < -0.39 is 0 Å². The molecular formula is C21H16F2N4. The molecule has 0 saturated carbocycles. The number of halogens is 2. The van der Waals surface area contributed by atoms with Gasteiger partial charge in [-0.1, -0.05) is 12.1 Å².